The lowest BCUT2D eigenvalue weighted by atomic mass is 9.85. The number of carboxylic acid groups (broad SMARTS) is 1. The van der Waals surface area contributed by atoms with Gasteiger partial charge < -0.3 is 10.0 Å². The molecule has 0 unspecified atom stereocenters. The molecule has 5 rings (SSSR count). The third kappa shape index (κ3) is 6.07. The van der Waals surface area contributed by atoms with Gasteiger partial charge >= 0.3 is 5.97 Å². The predicted octanol–water partition coefficient (Wildman–Crippen LogP) is 7.52. The number of benzene rings is 3. The standard InChI is InChI=1S/C32H32F3NO2.ClH/c1-20-26(12-13-29(34)31(20)35)28-5-2-4-24-17-25(32(37)38)10-11-27(24)30(28)23-8-6-21(7-9-23)16-22-18-36(19-22)15-3-14-33;/h6-13,17,22H,2-5,14-16,18-19H2,1H3,(H,37,38);1H. The van der Waals surface area contributed by atoms with E-state index in [1.807, 2.05) is 6.07 Å². The summed E-state index contributed by atoms with van der Waals surface area (Å²) < 4.78 is 41.1. The summed E-state index contributed by atoms with van der Waals surface area (Å²) in [4.78, 5) is 13.9. The number of carbonyl (C=O) groups is 1. The van der Waals surface area contributed by atoms with Crippen LogP contribution in [0, 0.1) is 24.5 Å². The lowest BCUT2D eigenvalue weighted by Crippen LogP contribution is -2.47. The molecule has 0 aromatic heterocycles. The number of fused-ring (bicyclic) bond motifs is 1. The van der Waals surface area contributed by atoms with Crippen LogP contribution in [0.1, 0.15) is 63.0 Å². The molecule has 0 amide bonds. The van der Waals surface area contributed by atoms with E-state index in [1.54, 1.807) is 25.1 Å². The van der Waals surface area contributed by atoms with Gasteiger partial charge in [-0.3, -0.25) is 4.39 Å². The van der Waals surface area contributed by atoms with Crippen LogP contribution in [0.15, 0.2) is 54.6 Å². The van der Waals surface area contributed by atoms with E-state index in [1.165, 1.54) is 11.6 Å². The van der Waals surface area contributed by atoms with E-state index < -0.39 is 17.6 Å². The van der Waals surface area contributed by atoms with Gasteiger partial charge in [0.05, 0.1) is 12.2 Å². The summed E-state index contributed by atoms with van der Waals surface area (Å²) in [6, 6.07) is 16.4. The molecule has 0 radical (unpaired) electrons. The largest absolute Gasteiger partial charge is 0.478 e. The first kappa shape index (κ1) is 28.9. The van der Waals surface area contributed by atoms with E-state index in [0.29, 0.717) is 30.7 Å². The number of allylic oxidation sites excluding steroid dienone is 1. The van der Waals surface area contributed by atoms with E-state index in [9.17, 15) is 23.1 Å². The summed E-state index contributed by atoms with van der Waals surface area (Å²) in [7, 11) is 0. The molecular weight excluding hydrogens is 523 g/mol. The van der Waals surface area contributed by atoms with E-state index in [-0.39, 0.29) is 30.2 Å². The van der Waals surface area contributed by atoms with Gasteiger partial charge in [0.25, 0.3) is 0 Å². The Balaban J connectivity index is 0.00000353. The number of carboxylic acids is 1. The predicted molar refractivity (Wildman–Crippen MR) is 151 cm³/mol. The number of aromatic carboxylic acids is 1. The number of hydrogen-bond donors (Lipinski definition) is 1. The van der Waals surface area contributed by atoms with E-state index in [4.69, 9.17) is 0 Å². The minimum Gasteiger partial charge on any atom is -0.478 e. The van der Waals surface area contributed by atoms with Crippen LogP contribution in [0.25, 0.3) is 11.1 Å². The van der Waals surface area contributed by atoms with Crippen LogP contribution < -0.4 is 0 Å². The van der Waals surface area contributed by atoms with Crippen LogP contribution in [0.3, 0.4) is 0 Å². The van der Waals surface area contributed by atoms with Crippen molar-refractivity contribution in [2.75, 3.05) is 26.3 Å². The smallest absolute Gasteiger partial charge is 0.335 e. The molecule has 206 valence electrons. The number of nitrogens with zero attached hydrogens (tertiary/aromatic N) is 1. The van der Waals surface area contributed by atoms with Gasteiger partial charge in [-0.15, -0.1) is 12.4 Å². The number of hydrogen-bond acceptors (Lipinski definition) is 2. The summed E-state index contributed by atoms with van der Waals surface area (Å²) in [6.45, 7) is 4.13. The second-order valence-corrected chi connectivity index (χ2v) is 10.5. The Kier molecular flexibility index (Phi) is 9.19. The van der Waals surface area contributed by atoms with Gasteiger partial charge in [0.2, 0.25) is 0 Å². The average Bonchev–Trinajstić information content (AvgIpc) is 3.08. The summed E-state index contributed by atoms with van der Waals surface area (Å²) in [6.07, 6.45) is 3.68. The number of halogens is 4. The third-order valence-corrected chi connectivity index (χ3v) is 7.87. The van der Waals surface area contributed by atoms with Gasteiger partial charge in [0.1, 0.15) is 0 Å². The van der Waals surface area contributed by atoms with Crippen molar-refractivity contribution in [2.45, 2.75) is 39.0 Å². The number of alkyl halides is 1. The highest BCUT2D eigenvalue weighted by Crippen LogP contribution is 2.41. The molecule has 3 aromatic rings. The highest BCUT2D eigenvalue weighted by atomic mass is 35.5. The number of likely N-dealkylation sites (tertiary alicyclic amines) is 1. The molecule has 7 heteroatoms. The normalized spacial score (nSPS) is 15.8. The fourth-order valence-corrected chi connectivity index (χ4v) is 5.91. The maximum atomic E-state index is 14.6. The summed E-state index contributed by atoms with van der Waals surface area (Å²) in [5.41, 5.74) is 7.16. The fourth-order valence-electron chi connectivity index (χ4n) is 5.91. The lowest BCUT2D eigenvalue weighted by molar-refractivity contribution is 0.0696. The van der Waals surface area contributed by atoms with Crippen molar-refractivity contribution in [2.24, 2.45) is 5.92 Å². The van der Waals surface area contributed by atoms with Crippen LogP contribution in [-0.4, -0.2) is 42.3 Å². The maximum absolute atomic E-state index is 14.6. The highest BCUT2D eigenvalue weighted by Gasteiger charge is 2.27. The second kappa shape index (κ2) is 12.4. The first-order valence-corrected chi connectivity index (χ1v) is 13.3. The topological polar surface area (TPSA) is 40.5 Å². The van der Waals surface area contributed by atoms with Gasteiger partial charge in [-0.2, -0.15) is 0 Å². The zero-order valence-corrected chi connectivity index (χ0v) is 22.8. The number of aryl methyl sites for hydroxylation is 1. The summed E-state index contributed by atoms with van der Waals surface area (Å²) in [5, 5.41) is 9.54. The van der Waals surface area contributed by atoms with Gasteiger partial charge in [-0.1, -0.05) is 36.4 Å². The molecule has 1 fully saturated rings. The van der Waals surface area contributed by atoms with Crippen molar-refractivity contribution in [3.8, 4) is 0 Å². The van der Waals surface area contributed by atoms with Crippen molar-refractivity contribution in [3.05, 3.63) is 105 Å². The molecule has 0 bridgehead atoms. The molecule has 1 heterocycles. The molecule has 2 aliphatic rings. The van der Waals surface area contributed by atoms with Crippen LogP contribution in [0.4, 0.5) is 13.2 Å². The van der Waals surface area contributed by atoms with Crippen molar-refractivity contribution in [1.29, 1.82) is 0 Å². The van der Waals surface area contributed by atoms with Crippen LogP contribution in [0.5, 0.6) is 0 Å². The Bertz CT molecular complexity index is 1380. The molecule has 3 nitrogen and oxygen atoms in total. The van der Waals surface area contributed by atoms with Crippen molar-refractivity contribution in [3.63, 3.8) is 0 Å². The number of rotatable bonds is 8. The Labute approximate surface area is 233 Å². The van der Waals surface area contributed by atoms with Crippen LogP contribution in [-0.2, 0) is 12.8 Å². The zero-order valence-electron chi connectivity index (χ0n) is 22.0. The van der Waals surface area contributed by atoms with Gasteiger partial charge in [0, 0.05) is 19.6 Å². The highest BCUT2D eigenvalue weighted by molar-refractivity contribution is 6.01. The molecule has 0 atom stereocenters. The monoisotopic (exact) mass is 555 g/mol. The quantitative estimate of drug-likeness (QED) is 0.312. The Morgan fingerprint density at radius 2 is 1.72 bits per heavy atom. The molecular formula is C32H33ClF3NO2. The van der Waals surface area contributed by atoms with Gasteiger partial charge in [-0.25, -0.2) is 13.6 Å². The minimum absolute atomic E-state index is 0. The molecule has 0 saturated carbocycles. The van der Waals surface area contributed by atoms with Crippen LogP contribution in [0.2, 0.25) is 0 Å². The minimum atomic E-state index is -0.970. The molecule has 1 aliphatic heterocycles. The van der Waals surface area contributed by atoms with E-state index in [2.05, 4.69) is 29.2 Å². The molecule has 0 spiro atoms. The molecule has 1 aliphatic carbocycles. The Morgan fingerprint density at radius 3 is 2.41 bits per heavy atom. The molecule has 3 aromatic carbocycles. The third-order valence-electron chi connectivity index (χ3n) is 7.87. The van der Waals surface area contributed by atoms with Gasteiger partial charge in [-0.05, 0) is 108 Å². The van der Waals surface area contributed by atoms with Gasteiger partial charge in [0.15, 0.2) is 11.6 Å². The summed E-state index contributed by atoms with van der Waals surface area (Å²) in [5.74, 6) is -2.11. The second-order valence-electron chi connectivity index (χ2n) is 10.5. The van der Waals surface area contributed by atoms with Crippen molar-refractivity contribution < 1.29 is 23.1 Å². The van der Waals surface area contributed by atoms with Crippen molar-refractivity contribution in [1.82, 2.24) is 4.90 Å². The Hall–Kier alpha value is -3.09. The van der Waals surface area contributed by atoms with Crippen molar-refractivity contribution >= 4 is 29.5 Å². The SMILES string of the molecule is Cc1c(C2=C(c3ccc(CC4CN(CCCF)C4)cc3)c3ccc(C(=O)O)cc3CCC2)ccc(F)c1F.Cl. The average molecular weight is 556 g/mol. The maximum Gasteiger partial charge on any atom is 0.335 e. The van der Waals surface area contributed by atoms with E-state index in [0.717, 1.165) is 60.3 Å². The molecule has 39 heavy (non-hydrogen) atoms. The fraction of sp³-hybridized carbons (Fsp3) is 0.344. The van der Waals surface area contributed by atoms with Crippen LogP contribution >= 0.6 is 12.4 Å². The molecule has 1 N–H and O–H groups in total. The summed E-state index contributed by atoms with van der Waals surface area (Å²) >= 11 is 0. The zero-order chi connectivity index (χ0) is 26.8. The lowest BCUT2D eigenvalue weighted by Gasteiger charge is -2.39. The molecule has 1 saturated heterocycles. The van der Waals surface area contributed by atoms with E-state index >= 15 is 0 Å². The first-order chi connectivity index (χ1) is 18.4. The Morgan fingerprint density at radius 1 is 1.00 bits per heavy atom. The first-order valence-electron chi connectivity index (χ1n) is 13.3.